The van der Waals surface area contributed by atoms with Gasteiger partial charge in [-0.1, -0.05) is 36.4 Å². The number of hydrazone groups is 1. The van der Waals surface area contributed by atoms with Gasteiger partial charge in [-0.05, 0) is 31.2 Å². The Balaban J connectivity index is 1.43. The number of nitrogens with zero attached hydrogens (tertiary/aromatic N) is 2. The Bertz CT molecular complexity index is 1580. The Hall–Kier alpha value is -4.04. The lowest BCUT2D eigenvalue weighted by Gasteiger charge is -2.02. The summed E-state index contributed by atoms with van der Waals surface area (Å²) in [5, 5.41) is 8.12. The first-order chi connectivity index (χ1) is 15.1. The number of anilines is 1. The number of hydrogen-bond donors (Lipinski definition) is 1. The third-order valence-corrected chi connectivity index (χ3v) is 5.52. The van der Waals surface area contributed by atoms with E-state index in [2.05, 4.69) is 15.5 Å². The van der Waals surface area contributed by atoms with E-state index in [1.807, 2.05) is 36.4 Å². The summed E-state index contributed by atoms with van der Waals surface area (Å²) in [5.74, 6) is 0. The van der Waals surface area contributed by atoms with Crippen molar-refractivity contribution in [1.82, 2.24) is 4.98 Å². The molecule has 0 saturated heterocycles. The second kappa shape index (κ2) is 7.66. The summed E-state index contributed by atoms with van der Waals surface area (Å²) in [6.07, 6.45) is 0. The Morgan fingerprint density at radius 1 is 0.935 bits per heavy atom. The van der Waals surface area contributed by atoms with Gasteiger partial charge < -0.3 is 8.83 Å². The Morgan fingerprint density at radius 3 is 2.32 bits per heavy atom. The summed E-state index contributed by atoms with van der Waals surface area (Å²) in [4.78, 5) is 29.1. The lowest BCUT2D eigenvalue weighted by atomic mass is 10.1. The van der Waals surface area contributed by atoms with Crippen LogP contribution in [0.1, 0.15) is 12.5 Å². The number of benzene rings is 2. The van der Waals surface area contributed by atoms with Gasteiger partial charge in [0.2, 0.25) is 5.13 Å². The van der Waals surface area contributed by atoms with Crippen molar-refractivity contribution in [2.75, 3.05) is 5.43 Å². The van der Waals surface area contributed by atoms with E-state index >= 15 is 0 Å². The molecule has 5 rings (SSSR count). The molecule has 0 aliphatic carbocycles. The number of fused-ring (bicyclic) bond motifs is 2. The number of thiazole rings is 1. The fourth-order valence-corrected chi connectivity index (χ4v) is 3.85. The molecule has 0 amide bonds. The smallest absolute Gasteiger partial charge is 0.345 e. The molecule has 0 fully saturated rings. The third-order valence-electron chi connectivity index (χ3n) is 4.77. The summed E-state index contributed by atoms with van der Waals surface area (Å²) >= 11 is 1.29. The highest BCUT2D eigenvalue weighted by Crippen LogP contribution is 2.25. The maximum atomic E-state index is 12.3. The zero-order chi connectivity index (χ0) is 21.4. The molecule has 0 atom stereocenters. The fraction of sp³-hybridized carbons (Fsp3) is 0.0435. The van der Waals surface area contributed by atoms with E-state index < -0.39 is 11.3 Å². The molecule has 0 saturated carbocycles. The fourth-order valence-electron chi connectivity index (χ4n) is 3.20. The van der Waals surface area contributed by atoms with Crippen LogP contribution in [0.2, 0.25) is 0 Å². The first-order valence-electron chi connectivity index (χ1n) is 9.41. The average Bonchev–Trinajstić information content (AvgIpc) is 3.25. The van der Waals surface area contributed by atoms with Crippen LogP contribution in [-0.2, 0) is 0 Å². The molecule has 31 heavy (non-hydrogen) atoms. The number of nitrogens with one attached hydrogen (secondary N) is 1. The maximum Gasteiger partial charge on any atom is 0.345 e. The summed E-state index contributed by atoms with van der Waals surface area (Å²) in [6.45, 7) is 1.71. The first-order valence-corrected chi connectivity index (χ1v) is 10.3. The van der Waals surface area contributed by atoms with Gasteiger partial charge in [-0.3, -0.25) is 5.43 Å². The standard InChI is InChI=1S/C23H15N3O4S/c1-13(16-10-14-6-2-4-8-19(14)29-21(16)27)25-26-23-24-18(12-31-23)17-11-15-7-3-5-9-20(15)30-22(17)28/h2-12H,1H3,(H,24,26)/b25-13-. The molecule has 0 spiro atoms. The molecule has 8 heteroatoms. The van der Waals surface area contributed by atoms with Gasteiger partial charge in [-0.15, -0.1) is 11.3 Å². The van der Waals surface area contributed by atoms with Crippen molar-refractivity contribution >= 4 is 44.1 Å². The van der Waals surface area contributed by atoms with Crippen LogP contribution in [0.5, 0.6) is 0 Å². The molecule has 2 aromatic carbocycles. The van der Waals surface area contributed by atoms with Gasteiger partial charge in [0.15, 0.2) is 0 Å². The van der Waals surface area contributed by atoms with E-state index in [-0.39, 0.29) is 0 Å². The van der Waals surface area contributed by atoms with E-state index in [9.17, 15) is 9.59 Å². The van der Waals surface area contributed by atoms with Gasteiger partial charge in [-0.25, -0.2) is 14.6 Å². The SMILES string of the molecule is C/C(=N/Nc1nc(-c2cc3ccccc3oc2=O)cs1)c1cc2ccccc2oc1=O. The predicted octanol–water partition coefficient (Wildman–Crippen LogP) is 4.86. The van der Waals surface area contributed by atoms with Crippen molar-refractivity contribution in [3.63, 3.8) is 0 Å². The minimum Gasteiger partial charge on any atom is -0.422 e. The first kappa shape index (κ1) is 19.0. The van der Waals surface area contributed by atoms with Gasteiger partial charge in [0, 0.05) is 16.2 Å². The van der Waals surface area contributed by atoms with Crippen molar-refractivity contribution in [2.45, 2.75) is 6.92 Å². The highest BCUT2D eigenvalue weighted by Gasteiger charge is 2.12. The van der Waals surface area contributed by atoms with Gasteiger partial charge in [0.25, 0.3) is 0 Å². The minimum atomic E-state index is -0.463. The number of aromatic nitrogens is 1. The molecule has 3 heterocycles. The number of rotatable bonds is 4. The van der Waals surface area contributed by atoms with Crippen LogP contribution < -0.4 is 16.7 Å². The normalized spacial score (nSPS) is 11.8. The summed E-state index contributed by atoms with van der Waals surface area (Å²) in [5.41, 5.74) is 4.66. The predicted molar refractivity (Wildman–Crippen MR) is 122 cm³/mol. The van der Waals surface area contributed by atoms with E-state index in [1.165, 1.54) is 11.3 Å². The van der Waals surface area contributed by atoms with Crippen molar-refractivity contribution in [2.24, 2.45) is 5.10 Å². The van der Waals surface area contributed by atoms with Crippen LogP contribution >= 0.6 is 11.3 Å². The van der Waals surface area contributed by atoms with Crippen LogP contribution in [0.3, 0.4) is 0 Å². The van der Waals surface area contributed by atoms with Gasteiger partial charge in [0.1, 0.15) is 11.2 Å². The molecular formula is C23H15N3O4S. The molecule has 1 N–H and O–H groups in total. The highest BCUT2D eigenvalue weighted by atomic mass is 32.1. The molecule has 0 radical (unpaired) electrons. The molecule has 3 aromatic heterocycles. The lowest BCUT2D eigenvalue weighted by molar-refractivity contribution is 0.559. The van der Waals surface area contributed by atoms with E-state index in [1.54, 1.807) is 36.6 Å². The second-order valence-corrected chi connectivity index (χ2v) is 7.68. The van der Waals surface area contributed by atoms with E-state index in [4.69, 9.17) is 8.83 Å². The van der Waals surface area contributed by atoms with E-state index in [0.717, 1.165) is 10.8 Å². The van der Waals surface area contributed by atoms with Crippen LogP contribution in [-0.4, -0.2) is 10.7 Å². The van der Waals surface area contributed by atoms with Crippen molar-refractivity contribution in [3.8, 4) is 11.3 Å². The second-order valence-electron chi connectivity index (χ2n) is 6.82. The number of para-hydroxylation sites is 2. The maximum absolute atomic E-state index is 12.3. The highest BCUT2D eigenvalue weighted by molar-refractivity contribution is 7.14. The lowest BCUT2D eigenvalue weighted by Crippen LogP contribution is -2.13. The van der Waals surface area contributed by atoms with Crippen LogP contribution in [0.15, 0.2) is 89.6 Å². The monoisotopic (exact) mass is 429 g/mol. The molecule has 0 aliphatic heterocycles. The van der Waals surface area contributed by atoms with E-state index in [0.29, 0.717) is 38.8 Å². The van der Waals surface area contributed by atoms with Gasteiger partial charge in [0.05, 0.1) is 22.5 Å². The van der Waals surface area contributed by atoms with Crippen LogP contribution in [0.4, 0.5) is 5.13 Å². The quantitative estimate of drug-likeness (QED) is 0.249. The van der Waals surface area contributed by atoms with Gasteiger partial charge >= 0.3 is 11.3 Å². The molecule has 0 unspecified atom stereocenters. The molecule has 152 valence electrons. The van der Waals surface area contributed by atoms with Crippen molar-refractivity contribution in [3.05, 3.63) is 92.4 Å². The molecule has 5 aromatic rings. The third kappa shape index (κ3) is 3.64. The van der Waals surface area contributed by atoms with Crippen LogP contribution in [0, 0.1) is 0 Å². The Labute approximate surface area is 179 Å². The number of hydrogen-bond acceptors (Lipinski definition) is 8. The summed E-state index contributed by atoms with van der Waals surface area (Å²) in [6, 6.07) is 18.1. The van der Waals surface area contributed by atoms with Crippen molar-refractivity contribution < 1.29 is 8.83 Å². The molecular weight excluding hydrogens is 414 g/mol. The minimum absolute atomic E-state index is 0.359. The Morgan fingerprint density at radius 2 is 1.58 bits per heavy atom. The molecule has 0 aliphatic rings. The van der Waals surface area contributed by atoms with Crippen molar-refractivity contribution in [1.29, 1.82) is 0 Å². The zero-order valence-electron chi connectivity index (χ0n) is 16.3. The van der Waals surface area contributed by atoms with Gasteiger partial charge in [-0.2, -0.15) is 5.10 Å². The van der Waals surface area contributed by atoms with Crippen LogP contribution in [0.25, 0.3) is 33.2 Å². The average molecular weight is 429 g/mol. The topological polar surface area (TPSA) is 97.7 Å². The summed E-state index contributed by atoms with van der Waals surface area (Å²) < 4.78 is 10.7. The zero-order valence-corrected chi connectivity index (χ0v) is 17.1. The Kier molecular flexibility index (Phi) is 4.68. The molecule has 0 bridgehead atoms. The molecule has 7 nitrogen and oxygen atoms in total. The summed E-state index contributed by atoms with van der Waals surface area (Å²) in [7, 11) is 0. The largest absolute Gasteiger partial charge is 0.422 e.